The van der Waals surface area contributed by atoms with Gasteiger partial charge in [0, 0.05) is 5.92 Å². The maximum atomic E-state index is 11.3. The van der Waals surface area contributed by atoms with Crippen LogP contribution >= 0.6 is 0 Å². The number of aldehydes is 1. The Bertz CT molecular complexity index is 346. The van der Waals surface area contributed by atoms with Gasteiger partial charge in [-0.15, -0.1) is 0 Å². The Morgan fingerprint density at radius 1 is 1.19 bits per heavy atom. The molecule has 0 aromatic heterocycles. The molecule has 0 aliphatic heterocycles. The maximum absolute atomic E-state index is 11.3. The van der Waals surface area contributed by atoms with Crippen molar-refractivity contribution in [1.82, 2.24) is 0 Å². The molecule has 0 aromatic rings. The summed E-state index contributed by atoms with van der Waals surface area (Å²) in [6.45, 7) is 11.7. The second-order valence-electron chi connectivity index (χ2n) is 6.69. The molecule has 1 unspecified atom stereocenters. The van der Waals surface area contributed by atoms with Crippen molar-refractivity contribution in [3.05, 3.63) is 11.1 Å². The van der Waals surface area contributed by atoms with Crippen molar-refractivity contribution in [3.63, 3.8) is 0 Å². The lowest BCUT2D eigenvalue weighted by molar-refractivity contribution is -0.110. The van der Waals surface area contributed by atoms with Crippen molar-refractivity contribution in [2.75, 3.05) is 0 Å². The highest BCUT2D eigenvalue weighted by Gasteiger charge is 2.52. The molecule has 0 saturated heterocycles. The van der Waals surface area contributed by atoms with Gasteiger partial charge < -0.3 is 4.79 Å². The molecule has 2 rings (SSSR count). The predicted molar refractivity (Wildman–Crippen MR) is 67.2 cm³/mol. The molecule has 0 heterocycles. The van der Waals surface area contributed by atoms with E-state index in [1.165, 1.54) is 24.7 Å². The zero-order chi connectivity index (χ0) is 12.1. The van der Waals surface area contributed by atoms with E-state index in [4.69, 9.17) is 0 Å². The first kappa shape index (κ1) is 11.9. The van der Waals surface area contributed by atoms with Crippen LogP contribution in [0.1, 0.15) is 53.9 Å². The number of hydrogen-bond donors (Lipinski definition) is 0. The van der Waals surface area contributed by atoms with Gasteiger partial charge in [0.1, 0.15) is 6.29 Å². The Morgan fingerprint density at radius 2 is 1.81 bits per heavy atom. The van der Waals surface area contributed by atoms with E-state index >= 15 is 0 Å². The first-order chi connectivity index (χ1) is 7.33. The average Bonchev–Trinajstić information content (AvgIpc) is 2.38. The van der Waals surface area contributed by atoms with Crippen molar-refractivity contribution in [3.8, 4) is 0 Å². The van der Waals surface area contributed by atoms with Gasteiger partial charge in [-0.2, -0.15) is 0 Å². The van der Waals surface area contributed by atoms with Crippen LogP contribution in [-0.2, 0) is 4.79 Å². The van der Waals surface area contributed by atoms with Crippen LogP contribution in [0.15, 0.2) is 11.1 Å². The lowest BCUT2D eigenvalue weighted by atomic mass is 9.69. The number of carbonyl (C=O) groups excluding carboxylic acids is 1. The van der Waals surface area contributed by atoms with Crippen LogP contribution in [0.2, 0.25) is 0 Å². The Kier molecular flexibility index (Phi) is 2.56. The molecule has 2 aliphatic rings. The van der Waals surface area contributed by atoms with Crippen molar-refractivity contribution >= 4 is 6.29 Å². The van der Waals surface area contributed by atoms with Crippen LogP contribution in [0.4, 0.5) is 0 Å². The average molecular weight is 220 g/mol. The molecular weight excluding hydrogens is 196 g/mol. The third-order valence-electron chi connectivity index (χ3n) is 5.44. The van der Waals surface area contributed by atoms with E-state index in [-0.39, 0.29) is 16.7 Å². The lowest BCUT2D eigenvalue weighted by Gasteiger charge is -2.35. The van der Waals surface area contributed by atoms with E-state index in [2.05, 4.69) is 34.6 Å². The van der Waals surface area contributed by atoms with Gasteiger partial charge in [-0.3, -0.25) is 0 Å². The SMILES string of the molecule is CC1C(C)(C)C2=C([C@H](C=O)CCC2)C1(C)C. The van der Waals surface area contributed by atoms with Crippen LogP contribution in [0.25, 0.3) is 0 Å². The van der Waals surface area contributed by atoms with E-state index < -0.39 is 0 Å². The van der Waals surface area contributed by atoms with Gasteiger partial charge in [-0.25, -0.2) is 0 Å². The largest absolute Gasteiger partial charge is 0.303 e. The molecule has 1 heteroatoms. The van der Waals surface area contributed by atoms with E-state index in [9.17, 15) is 4.79 Å². The van der Waals surface area contributed by atoms with E-state index in [1.54, 1.807) is 5.57 Å². The highest BCUT2D eigenvalue weighted by Crippen LogP contribution is 2.61. The van der Waals surface area contributed by atoms with Crippen LogP contribution in [0.5, 0.6) is 0 Å². The monoisotopic (exact) mass is 220 g/mol. The van der Waals surface area contributed by atoms with Crippen molar-refractivity contribution in [1.29, 1.82) is 0 Å². The summed E-state index contributed by atoms with van der Waals surface area (Å²) in [7, 11) is 0. The van der Waals surface area contributed by atoms with Gasteiger partial charge in [-0.1, -0.05) is 45.8 Å². The fourth-order valence-corrected chi connectivity index (χ4v) is 4.07. The second kappa shape index (κ2) is 3.45. The van der Waals surface area contributed by atoms with Crippen LogP contribution in [0, 0.1) is 22.7 Å². The Balaban J connectivity index is 2.57. The minimum absolute atomic E-state index is 0.197. The van der Waals surface area contributed by atoms with Crippen molar-refractivity contribution in [2.24, 2.45) is 22.7 Å². The van der Waals surface area contributed by atoms with Gasteiger partial charge in [-0.05, 0) is 36.0 Å². The molecule has 0 N–H and O–H groups in total. The summed E-state index contributed by atoms with van der Waals surface area (Å²) >= 11 is 0. The van der Waals surface area contributed by atoms with Crippen LogP contribution in [-0.4, -0.2) is 6.29 Å². The molecule has 2 aliphatic carbocycles. The molecule has 0 bridgehead atoms. The van der Waals surface area contributed by atoms with Crippen molar-refractivity contribution < 1.29 is 4.79 Å². The Hall–Kier alpha value is -0.590. The summed E-state index contributed by atoms with van der Waals surface area (Å²) in [5.74, 6) is 0.827. The summed E-state index contributed by atoms with van der Waals surface area (Å²) in [6, 6.07) is 0. The fraction of sp³-hybridized carbons (Fsp3) is 0.800. The molecular formula is C15H24O. The van der Waals surface area contributed by atoms with Crippen LogP contribution in [0.3, 0.4) is 0 Å². The third kappa shape index (κ3) is 1.33. The second-order valence-corrected chi connectivity index (χ2v) is 6.69. The van der Waals surface area contributed by atoms with E-state index in [1.807, 2.05) is 0 Å². The third-order valence-corrected chi connectivity index (χ3v) is 5.44. The van der Waals surface area contributed by atoms with Gasteiger partial charge in [0.15, 0.2) is 0 Å². The molecule has 0 fully saturated rings. The first-order valence-electron chi connectivity index (χ1n) is 6.52. The summed E-state index contributed by atoms with van der Waals surface area (Å²) < 4.78 is 0. The number of allylic oxidation sites excluding steroid dienone is 2. The minimum Gasteiger partial charge on any atom is -0.303 e. The smallest absolute Gasteiger partial charge is 0.127 e. The number of rotatable bonds is 1. The van der Waals surface area contributed by atoms with Gasteiger partial charge >= 0.3 is 0 Å². The number of hydrogen-bond acceptors (Lipinski definition) is 1. The van der Waals surface area contributed by atoms with Crippen LogP contribution < -0.4 is 0 Å². The van der Waals surface area contributed by atoms with Crippen molar-refractivity contribution in [2.45, 2.75) is 53.9 Å². The quantitative estimate of drug-likeness (QED) is 0.482. The summed E-state index contributed by atoms with van der Waals surface area (Å²) in [6.07, 6.45) is 4.65. The topological polar surface area (TPSA) is 17.1 Å². The highest BCUT2D eigenvalue weighted by molar-refractivity contribution is 5.62. The molecule has 1 nitrogen and oxygen atoms in total. The Labute approximate surface area is 99.3 Å². The van der Waals surface area contributed by atoms with Gasteiger partial charge in [0.05, 0.1) is 0 Å². The lowest BCUT2D eigenvalue weighted by Crippen LogP contribution is -2.29. The zero-order valence-electron chi connectivity index (χ0n) is 11.3. The fourth-order valence-electron chi connectivity index (χ4n) is 4.07. The summed E-state index contributed by atoms with van der Waals surface area (Å²) in [5.41, 5.74) is 3.55. The molecule has 0 spiro atoms. The normalized spacial score (nSPS) is 36.1. The van der Waals surface area contributed by atoms with E-state index in [0.29, 0.717) is 5.92 Å². The molecule has 2 atom stereocenters. The molecule has 16 heavy (non-hydrogen) atoms. The molecule has 0 saturated carbocycles. The Morgan fingerprint density at radius 3 is 2.38 bits per heavy atom. The maximum Gasteiger partial charge on any atom is 0.127 e. The molecule has 90 valence electrons. The summed E-state index contributed by atoms with van der Waals surface area (Å²) in [4.78, 5) is 11.3. The van der Waals surface area contributed by atoms with Gasteiger partial charge in [0.2, 0.25) is 0 Å². The van der Waals surface area contributed by atoms with Gasteiger partial charge in [0.25, 0.3) is 0 Å². The highest BCUT2D eigenvalue weighted by atomic mass is 16.1. The number of carbonyl (C=O) groups is 1. The zero-order valence-corrected chi connectivity index (χ0v) is 11.3. The molecule has 0 aromatic carbocycles. The standard InChI is InChI=1S/C15H24O/c1-10-14(2,3)12-8-6-7-11(9-16)13(12)15(10,4)5/h9-11H,6-8H2,1-5H3/t10?,11-/m0/s1. The summed E-state index contributed by atoms with van der Waals surface area (Å²) in [5, 5.41) is 0. The molecule has 0 amide bonds. The predicted octanol–water partition coefficient (Wildman–Crippen LogP) is 3.98. The first-order valence-corrected chi connectivity index (χ1v) is 6.52. The minimum atomic E-state index is 0.197. The van der Waals surface area contributed by atoms with E-state index in [0.717, 1.165) is 6.42 Å². The molecule has 0 radical (unpaired) electrons.